The van der Waals surface area contributed by atoms with Crippen LogP contribution in [0.1, 0.15) is 35.2 Å². The van der Waals surface area contributed by atoms with E-state index in [1.165, 1.54) is 5.56 Å². The third kappa shape index (κ3) is 4.33. The Morgan fingerprint density at radius 2 is 1.92 bits per heavy atom. The summed E-state index contributed by atoms with van der Waals surface area (Å²) in [5.74, 6) is -0.0718. The number of anilines is 2. The summed E-state index contributed by atoms with van der Waals surface area (Å²) in [5.41, 5.74) is 3.46. The highest BCUT2D eigenvalue weighted by molar-refractivity contribution is 5.92. The Hall–Kier alpha value is -3.02. The van der Waals surface area contributed by atoms with Crippen molar-refractivity contribution in [3.63, 3.8) is 0 Å². The number of nitrogens with one attached hydrogen (secondary N) is 3. The number of hydrogen-bond acceptors (Lipinski definition) is 4. The summed E-state index contributed by atoms with van der Waals surface area (Å²) < 4.78 is 4.94. The van der Waals surface area contributed by atoms with E-state index in [2.05, 4.69) is 28.1 Å². The molecule has 0 aromatic heterocycles. The van der Waals surface area contributed by atoms with E-state index < -0.39 is 0 Å². The molecule has 0 bridgehead atoms. The van der Waals surface area contributed by atoms with Gasteiger partial charge in [0.25, 0.3) is 0 Å². The average Bonchev–Trinajstić information content (AvgIpc) is 2.67. The van der Waals surface area contributed by atoms with Crippen molar-refractivity contribution in [1.82, 2.24) is 5.32 Å². The fourth-order valence-corrected chi connectivity index (χ4v) is 3.06. The summed E-state index contributed by atoms with van der Waals surface area (Å²) >= 11 is 0. The minimum Gasteiger partial charge on any atom is -0.462 e. The van der Waals surface area contributed by atoms with Crippen LogP contribution < -0.4 is 16.0 Å². The van der Waals surface area contributed by atoms with Crippen LogP contribution in [-0.2, 0) is 4.74 Å². The van der Waals surface area contributed by atoms with Gasteiger partial charge in [0.1, 0.15) is 0 Å². The molecule has 0 saturated carbocycles. The minimum atomic E-state index is -0.368. The van der Waals surface area contributed by atoms with Crippen LogP contribution in [-0.4, -0.2) is 31.7 Å². The second kappa shape index (κ2) is 8.38. The molecular weight excluding hydrogens is 330 g/mol. The molecule has 136 valence electrons. The summed E-state index contributed by atoms with van der Waals surface area (Å²) in [6.07, 6.45) is 0.978. The van der Waals surface area contributed by atoms with E-state index >= 15 is 0 Å². The number of carbonyl (C=O) groups is 2. The van der Waals surface area contributed by atoms with Crippen LogP contribution in [0.15, 0.2) is 48.5 Å². The van der Waals surface area contributed by atoms with Crippen LogP contribution in [0, 0.1) is 0 Å². The molecule has 1 atom stereocenters. The summed E-state index contributed by atoms with van der Waals surface area (Å²) in [6, 6.07) is 14.6. The number of rotatable bonds is 5. The van der Waals surface area contributed by atoms with Crippen molar-refractivity contribution in [3.05, 3.63) is 59.7 Å². The molecule has 0 spiro atoms. The lowest BCUT2D eigenvalue weighted by Gasteiger charge is -2.26. The van der Waals surface area contributed by atoms with Crippen LogP contribution >= 0.6 is 0 Å². The summed E-state index contributed by atoms with van der Waals surface area (Å²) in [5, 5.41) is 9.09. The van der Waals surface area contributed by atoms with Crippen molar-refractivity contribution in [3.8, 4) is 0 Å². The number of amides is 2. The molecular formula is C20H23N3O3. The molecule has 0 radical (unpaired) electrons. The first kappa shape index (κ1) is 17.8. The van der Waals surface area contributed by atoms with Crippen LogP contribution in [0.5, 0.6) is 0 Å². The maximum atomic E-state index is 12.2. The molecule has 26 heavy (non-hydrogen) atoms. The van der Waals surface area contributed by atoms with Gasteiger partial charge in [-0.3, -0.25) is 0 Å². The molecule has 1 aliphatic heterocycles. The first-order chi connectivity index (χ1) is 12.7. The van der Waals surface area contributed by atoms with E-state index in [1.807, 2.05) is 12.1 Å². The fourth-order valence-electron chi connectivity index (χ4n) is 3.06. The van der Waals surface area contributed by atoms with E-state index in [9.17, 15) is 9.59 Å². The number of ether oxygens (including phenoxy) is 1. The third-order valence-corrected chi connectivity index (χ3v) is 4.37. The lowest BCUT2D eigenvalue weighted by molar-refractivity contribution is 0.0526. The van der Waals surface area contributed by atoms with Crippen molar-refractivity contribution >= 4 is 23.4 Å². The standard InChI is InChI=1S/C20H23N3O3/c1-2-26-19(24)14-7-9-16(10-8-14)23-20(25)22-13-15-11-12-21-18-6-4-3-5-17(15)18/h3-10,15,21H,2,11-13H2,1H3,(H2,22,23,25). The first-order valence-electron chi connectivity index (χ1n) is 8.82. The summed E-state index contributed by atoms with van der Waals surface area (Å²) in [7, 11) is 0. The highest BCUT2D eigenvalue weighted by Crippen LogP contribution is 2.30. The number of urea groups is 1. The molecule has 2 aromatic rings. The quantitative estimate of drug-likeness (QED) is 0.718. The van der Waals surface area contributed by atoms with Gasteiger partial charge in [-0.25, -0.2) is 9.59 Å². The maximum absolute atomic E-state index is 12.2. The van der Waals surface area contributed by atoms with Crippen LogP contribution in [0.4, 0.5) is 16.2 Å². The maximum Gasteiger partial charge on any atom is 0.338 e. The van der Waals surface area contributed by atoms with Gasteiger partial charge in [-0.05, 0) is 49.2 Å². The van der Waals surface area contributed by atoms with Gasteiger partial charge in [0, 0.05) is 30.4 Å². The van der Waals surface area contributed by atoms with Crippen molar-refractivity contribution in [2.24, 2.45) is 0 Å². The van der Waals surface area contributed by atoms with E-state index in [4.69, 9.17) is 4.74 Å². The Morgan fingerprint density at radius 1 is 1.15 bits per heavy atom. The Labute approximate surface area is 152 Å². The number of carbonyl (C=O) groups excluding carboxylic acids is 2. The summed E-state index contributed by atoms with van der Waals surface area (Å²) in [4.78, 5) is 23.8. The van der Waals surface area contributed by atoms with E-state index in [0.717, 1.165) is 18.7 Å². The van der Waals surface area contributed by atoms with Crippen LogP contribution in [0.2, 0.25) is 0 Å². The topological polar surface area (TPSA) is 79.5 Å². The predicted molar refractivity (Wildman–Crippen MR) is 102 cm³/mol. The van der Waals surface area contributed by atoms with Crippen LogP contribution in [0.3, 0.4) is 0 Å². The first-order valence-corrected chi connectivity index (χ1v) is 8.82. The molecule has 3 rings (SSSR count). The van der Waals surface area contributed by atoms with Gasteiger partial charge < -0.3 is 20.7 Å². The van der Waals surface area contributed by atoms with E-state index in [-0.39, 0.29) is 12.0 Å². The predicted octanol–water partition coefficient (Wildman–Crippen LogP) is 3.58. The highest BCUT2D eigenvalue weighted by atomic mass is 16.5. The van der Waals surface area contributed by atoms with Gasteiger partial charge >= 0.3 is 12.0 Å². The molecule has 2 aromatic carbocycles. The second-order valence-corrected chi connectivity index (χ2v) is 6.13. The molecule has 0 saturated heterocycles. The van der Waals surface area contributed by atoms with Gasteiger partial charge in [0.05, 0.1) is 12.2 Å². The third-order valence-electron chi connectivity index (χ3n) is 4.37. The van der Waals surface area contributed by atoms with Crippen LogP contribution in [0.25, 0.3) is 0 Å². The monoisotopic (exact) mass is 353 g/mol. The largest absolute Gasteiger partial charge is 0.462 e. The van der Waals surface area contributed by atoms with E-state index in [0.29, 0.717) is 30.3 Å². The van der Waals surface area contributed by atoms with Crippen molar-refractivity contribution in [1.29, 1.82) is 0 Å². The van der Waals surface area contributed by atoms with Gasteiger partial charge in [-0.15, -0.1) is 0 Å². The van der Waals surface area contributed by atoms with Gasteiger partial charge in [0.15, 0.2) is 0 Å². The lowest BCUT2D eigenvalue weighted by Crippen LogP contribution is -2.34. The Bertz CT molecular complexity index is 774. The minimum absolute atomic E-state index is 0.259. The van der Waals surface area contributed by atoms with Gasteiger partial charge in [0.2, 0.25) is 0 Å². The average molecular weight is 353 g/mol. The number of fused-ring (bicyclic) bond motifs is 1. The SMILES string of the molecule is CCOC(=O)c1ccc(NC(=O)NCC2CCNc3ccccc32)cc1. The number of para-hydroxylation sites is 1. The Kier molecular flexibility index (Phi) is 5.73. The van der Waals surface area contributed by atoms with Gasteiger partial charge in [-0.2, -0.15) is 0 Å². The summed E-state index contributed by atoms with van der Waals surface area (Å²) in [6.45, 7) is 3.58. The zero-order valence-electron chi connectivity index (χ0n) is 14.7. The van der Waals surface area contributed by atoms with Crippen molar-refractivity contribution in [2.45, 2.75) is 19.3 Å². The molecule has 0 fully saturated rings. The molecule has 1 heterocycles. The molecule has 1 aliphatic rings. The van der Waals surface area contributed by atoms with Crippen molar-refractivity contribution in [2.75, 3.05) is 30.3 Å². The number of esters is 1. The second-order valence-electron chi connectivity index (χ2n) is 6.13. The molecule has 0 aliphatic carbocycles. The molecule has 3 N–H and O–H groups in total. The zero-order valence-corrected chi connectivity index (χ0v) is 14.7. The smallest absolute Gasteiger partial charge is 0.338 e. The molecule has 6 heteroatoms. The van der Waals surface area contributed by atoms with Gasteiger partial charge in [-0.1, -0.05) is 18.2 Å². The Morgan fingerprint density at radius 3 is 2.69 bits per heavy atom. The normalized spacial score (nSPS) is 15.3. The molecule has 2 amide bonds. The van der Waals surface area contributed by atoms with Crippen molar-refractivity contribution < 1.29 is 14.3 Å². The Balaban J connectivity index is 1.53. The highest BCUT2D eigenvalue weighted by Gasteiger charge is 2.20. The lowest BCUT2D eigenvalue weighted by atomic mass is 9.91. The fraction of sp³-hybridized carbons (Fsp3) is 0.300. The number of hydrogen-bond donors (Lipinski definition) is 3. The molecule has 6 nitrogen and oxygen atoms in total. The molecule has 1 unspecified atom stereocenters. The zero-order chi connectivity index (χ0) is 18.4. The van der Waals surface area contributed by atoms with E-state index in [1.54, 1.807) is 31.2 Å². The number of benzene rings is 2.